The molecule has 1 heterocycles. The van der Waals surface area contributed by atoms with E-state index in [0.29, 0.717) is 18.0 Å². The number of fused-ring (bicyclic) bond motifs is 1. The van der Waals surface area contributed by atoms with Crippen molar-refractivity contribution in [3.05, 3.63) is 24.3 Å². The van der Waals surface area contributed by atoms with Crippen molar-refractivity contribution >= 4 is 44.8 Å². The van der Waals surface area contributed by atoms with Gasteiger partial charge in [-0.25, -0.2) is 4.98 Å². The molecule has 0 aliphatic heterocycles. The molecule has 7 heteroatoms. The third-order valence-electron chi connectivity index (χ3n) is 2.73. The molecule has 1 atom stereocenters. The predicted molar refractivity (Wildman–Crippen MR) is 76.5 cm³/mol. The average molecular weight is 291 g/mol. The van der Waals surface area contributed by atoms with Crippen LogP contribution in [0.25, 0.3) is 10.2 Å². The summed E-state index contributed by atoms with van der Waals surface area (Å²) in [6.45, 7) is 1.71. The Hall–Kier alpha value is -2.28. The molecule has 0 spiro atoms. The number of para-hydroxylation sites is 1. The second-order valence-electron chi connectivity index (χ2n) is 4.05. The van der Waals surface area contributed by atoms with Crippen molar-refractivity contribution in [2.45, 2.75) is 19.4 Å². The number of rotatable bonds is 6. The van der Waals surface area contributed by atoms with Gasteiger partial charge in [-0.1, -0.05) is 30.4 Å². The highest BCUT2D eigenvalue weighted by Gasteiger charge is 2.24. The minimum atomic E-state index is -0.804. The maximum atomic E-state index is 11.8. The van der Waals surface area contributed by atoms with Crippen molar-refractivity contribution in [3.63, 3.8) is 0 Å². The Labute approximate surface area is 119 Å². The van der Waals surface area contributed by atoms with E-state index < -0.39 is 17.7 Å². The summed E-state index contributed by atoms with van der Waals surface area (Å²) in [7, 11) is 0. The number of ketones is 1. The van der Waals surface area contributed by atoms with Crippen LogP contribution < -0.4 is 10.6 Å². The van der Waals surface area contributed by atoms with Crippen molar-refractivity contribution in [1.29, 1.82) is 0 Å². The van der Waals surface area contributed by atoms with E-state index in [1.807, 2.05) is 24.3 Å². The molecular formula is C13H13N3O3S. The van der Waals surface area contributed by atoms with Gasteiger partial charge in [0.05, 0.1) is 16.3 Å². The molecule has 0 bridgehead atoms. The lowest BCUT2D eigenvalue weighted by Crippen LogP contribution is -2.41. The van der Waals surface area contributed by atoms with Crippen LogP contribution >= 0.6 is 11.3 Å². The highest BCUT2D eigenvalue weighted by atomic mass is 32.1. The lowest BCUT2D eigenvalue weighted by Gasteiger charge is -2.10. The zero-order valence-corrected chi connectivity index (χ0v) is 11.6. The van der Waals surface area contributed by atoms with Crippen molar-refractivity contribution in [3.8, 4) is 0 Å². The highest BCUT2D eigenvalue weighted by molar-refractivity contribution is 7.22. The van der Waals surface area contributed by atoms with E-state index in [4.69, 9.17) is 0 Å². The molecule has 104 valence electrons. The van der Waals surface area contributed by atoms with Gasteiger partial charge in [-0.3, -0.25) is 19.7 Å². The monoisotopic (exact) mass is 291 g/mol. The summed E-state index contributed by atoms with van der Waals surface area (Å²) in [4.78, 5) is 38.2. The van der Waals surface area contributed by atoms with Gasteiger partial charge in [0.25, 0.3) is 5.91 Å². The summed E-state index contributed by atoms with van der Waals surface area (Å²) in [5.41, 5.74) is 0.762. The van der Waals surface area contributed by atoms with Gasteiger partial charge in [0.2, 0.25) is 12.2 Å². The van der Waals surface area contributed by atoms with Gasteiger partial charge in [0.1, 0.15) is 0 Å². The Kier molecular flexibility index (Phi) is 4.41. The second-order valence-corrected chi connectivity index (χ2v) is 5.08. The van der Waals surface area contributed by atoms with E-state index in [1.165, 1.54) is 11.3 Å². The number of aromatic nitrogens is 1. The standard InChI is InChI=1S/C13H13N3O3S/c1-2-8(14-7-17)11(18)12(19)16-13-15-9-5-3-4-6-10(9)20-13/h3-8H,2H2,1H3,(H,14,17)(H,15,16,19)/t8-/m0/s1. The zero-order chi connectivity index (χ0) is 14.5. The van der Waals surface area contributed by atoms with Gasteiger partial charge in [-0.05, 0) is 18.6 Å². The molecule has 0 saturated carbocycles. The SMILES string of the molecule is CC[C@H](NC=O)C(=O)C(=O)Nc1nc2ccccc2s1. The van der Waals surface area contributed by atoms with Crippen molar-refractivity contribution in [1.82, 2.24) is 10.3 Å². The number of carbonyl (C=O) groups excluding carboxylic acids is 3. The number of Topliss-reactive ketones (excluding diaryl/α,β-unsaturated/α-hetero) is 1. The maximum absolute atomic E-state index is 11.8. The summed E-state index contributed by atoms with van der Waals surface area (Å²) in [5, 5.41) is 5.15. The molecule has 0 aliphatic rings. The van der Waals surface area contributed by atoms with Gasteiger partial charge < -0.3 is 5.32 Å². The predicted octanol–water partition coefficient (Wildman–Crippen LogP) is 1.33. The first kappa shape index (κ1) is 14.1. The molecule has 0 radical (unpaired) electrons. The highest BCUT2D eigenvalue weighted by Crippen LogP contribution is 2.25. The Morgan fingerprint density at radius 3 is 2.80 bits per heavy atom. The first-order valence-electron chi connectivity index (χ1n) is 6.06. The fourth-order valence-electron chi connectivity index (χ4n) is 1.70. The van der Waals surface area contributed by atoms with Crippen LogP contribution in [0.2, 0.25) is 0 Å². The number of thiazole rings is 1. The first-order chi connectivity index (χ1) is 9.65. The number of carbonyl (C=O) groups is 3. The molecular weight excluding hydrogens is 278 g/mol. The molecule has 2 N–H and O–H groups in total. The summed E-state index contributed by atoms with van der Waals surface area (Å²) < 4.78 is 0.924. The van der Waals surface area contributed by atoms with Crippen LogP contribution in [-0.2, 0) is 14.4 Å². The normalized spacial score (nSPS) is 11.8. The number of hydrogen-bond acceptors (Lipinski definition) is 5. The molecule has 20 heavy (non-hydrogen) atoms. The molecule has 0 saturated heterocycles. The maximum Gasteiger partial charge on any atom is 0.295 e. The van der Waals surface area contributed by atoms with E-state index in [1.54, 1.807) is 6.92 Å². The van der Waals surface area contributed by atoms with E-state index in [9.17, 15) is 14.4 Å². The molecule has 2 amide bonds. The summed E-state index contributed by atoms with van der Waals surface area (Å²) in [5.74, 6) is -1.45. The van der Waals surface area contributed by atoms with Gasteiger partial charge >= 0.3 is 0 Å². The first-order valence-corrected chi connectivity index (χ1v) is 6.87. The topological polar surface area (TPSA) is 88.2 Å². The number of benzene rings is 1. The molecule has 1 aromatic carbocycles. The molecule has 6 nitrogen and oxygen atoms in total. The van der Waals surface area contributed by atoms with Crippen LogP contribution in [0, 0.1) is 0 Å². The van der Waals surface area contributed by atoms with Crippen molar-refractivity contribution in [2.24, 2.45) is 0 Å². The van der Waals surface area contributed by atoms with Crippen LogP contribution in [0.4, 0.5) is 5.13 Å². The lowest BCUT2D eigenvalue weighted by molar-refractivity contribution is -0.136. The van der Waals surface area contributed by atoms with E-state index >= 15 is 0 Å². The summed E-state index contributed by atoms with van der Waals surface area (Å²) >= 11 is 1.29. The van der Waals surface area contributed by atoms with Crippen LogP contribution in [0.5, 0.6) is 0 Å². The average Bonchev–Trinajstić information content (AvgIpc) is 2.86. The number of anilines is 1. The fourth-order valence-corrected chi connectivity index (χ4v) is 2.56. The van der Waals surface area contributed by atoms with Crippen molar-refractivity contribution < 1.29 is 14.4 Å². The van der Waals surface area contributed by atoms with Gasteiger partial charge in [-0.2, -0.15) is 0 Å². The molecule has 0 aliphatic carbocycles. The van der Waals surface area contributed by atoms with Crippen LogP contribution in [0.15, 0.2) is 24.3 Å². The molecule has 0 fully saturated rings. The number of nitrogens with zero attached hydrogens (tertiary/aromatic N) is 1. The van der Waals surface area contributed by atoms with E-state index in [2.05, 4.69) is 15.6 Å². The van der Waals surface area contributed by atoms with Crippen LogP contribution in [0.3, 0.4) is 0 Å². The Balaban J connectivity index is 2.10. The Morgan fingerprint density at radius 2 is 2.15 bits per heavy atom. The summed E-state index contributed by atoms with van der Waals surface area (Å²) in [6, 6.07) is 6.62. The molecule has 2 rings (SSSR count). The van der Waals surface area contributed by atoms with Crippen LogP contribution in [0.1, 0.15) is 13.3 Å². The van der Waals surface area contributed by atoms with Crippen LogP contribution in [-0.4, -0.2) is 29.1 Å². The molecule has 1 aromatic heterocycles. The molecule has 2 aromatic rings. The Morgan fingerprint density at radius 1 is 1.40 bits per heavy atom. The zero-order valence-electron chi connectivity index (χ0n) is 10.8. The number of amides is 2. The van der Waals surface area contributed by atoms with Crippen molar-refractivity contribution in [2.75, 3.05) is 5.32 Å². The summed E-state index contributed by atoms with van der Waals surface area (Å²) in [6.07, 6.45) is 0.766. The fraction of sp³-hybridized carbons (Fsp3) is 0.231. The third kappa shape index (κ3) is 3.00. The quantitative estimate of drug-likeness (QED) is 0.621. The minimum Gasteiger partial charge on any atom is -0.348 e. The van der Waals surface area contributed by atoms with Gasteiger partial charge in [0.15, 0.2) is 5.13 Å². The van der Waals surface area contributed by atoms with Gasteiger partial charge in [-0.15, -0.1) is 0 Å². The molecule has 0 unspecified atom stereocenters. The second kappa shape index (κ2) is 6.25. The minimum absolute atomic E-state index is 0.352. The van der Waals surface area contributed by atoms with E-state index in [-0.39, 0.29) is 0 Å². The lowest BCUT2D eigenvalue weighted by atomic mass is 10.1. The number of hydrogen-bond donors (Lipinski definition) is 2. The third-order valence-corrected chi connectivity index (χ3v) is 3.68. The van der Waals surface area contributed by atoms with Gasteiger partial charge in [0, 0.05) is 0 Å². The largest absolute Gasteiger partial charge is 0.348 e. The number of nitrogens with one attached hydrogen (secondary N) is 2. The Bertz CT molecular complexity index is 620. The van der Waals surface area contributed by atoms with E-state index in [0.717, 1.165) is 10.2 Å². The smallest absolute Gasteiger partial charge is 0.295 e.